The van der Waals surface area contributed by atoms with E-state index in [1.54, 1.807) is 0 Å². The van der Waals surface area contributed by atoms with Crippen molar-refractivity contribution in [3.8, 4) is 0 Å². The van der Waals surface area contributed by atoms with E-state index in [4.69, 9.17) is 11.6 Å². The lowest BCUT2D eigenvalue weighted by Gasteiger charge is -1.97. The Morgan fingerprint density at radius 3 is 2.60 bits per heavy atom. The van der Waals surface area contributed by atoms with E-state index in [2.05, 4.69) is 9.97 Å². The zero-order valence-electron chi connectivity index (χ0n) is 6.06. The van der Waals surface area contributed by atoms with Crippen LogP contribution in [-0.4, -0.2) is 9.97 Å². The minimum atomic E-state index is 0.463. The second-order valence-electron chi connectivity index (χ2n) is 2.18. The lowest BCUT2D eigenvalue weighted by molar-refractivity contribution is 0.968. The molecule has 10 heavy (non-hydrogen) atoms. The predicted octanol–water partition coefficient (Wildman–Crippen LogP) is 1.83. The molecule has 0 spiro atoms. The van der Waals surface area contributed by atoms with Crippen molar-refractivity contribution in [2.75, 3.05) is 0 Å². The van der Waals surface area contributed by atoms with Gasteiger partial charge in [-0.05, 0) is 19.9 Å². The van der Waals surface area contributed by atoms with Gasteiger partial charge in [-0.3, -0.25) is 0 Å². The fourth-order valence-electron chi connectivity index (χ4n) is 0.862. The molecule has 3 heteroatoms. The quantitative estimate of drug-likeness (QED) is 0.580. The Morgan fingerprint density at radius 2 is 2.10 bits per heavy atom. The molecule has 1 heterocycles. The van der Waals surface area contributed by atoms with Crippen molar-refractivity contribution in [2.24, 2.45) is 0 Å². The van der Waals surface area contributed by atoms with Crippen molar-refractivity contribution in [3.05, 3.63) is 23.3 Å². The minimum absolute atomic E-state index is 0.463. The molecule has 0 saturated carbocycles. The third kappa shape index (κ3) is 1.67. The van der Waals surface area contributed by atoms with Crippen LogP contribution in [0.3, 0.4) is 0 Å². The number of aryl methyl sites for hydroxylation is 2. The summed E-state index contributed by atoms with van der Waals surface area (Å²) in [7, 11) is 0. The van der Waals surface area contributed by atoms with Gasteiger partial charge in [0, 0.05) is 5.69 Å². The number of nitrogens with zero attached hydrogens (tertiary/aromatic N) is 2. The maximum Gasteiger partial charge on any atom is 0.125 e. The summed E-state index contributed by atoms with van der Waals surface area (Å²) in [6.07, 6.45) is 0. The highest BCUT2D eigenvalue weighted by Gasteiger charge is 1.95. The van der Waals surface area contributed by atoms with Crippen LogP contribution in [0.1, 0.15) is 17.2 Å². The molecule has 0 radical (unpaired) electrons. The lowest BCUT2D eigenvalue weighted by Crippen LogP contribution is -1.94. The molecule has 2 nitrogen and oxygen atoms in total. The van der Waals surface area contributed by atoms with Gasteiger partial charge in [-0.1, -0.05) is 0 Å². The zero-order valence-corrected chi connectivity index (χ0v) is 6.81. The monoisotopic (exact) mass is 156 g/mol. The molecule has 0 saturated heterocycles. The molecule has 0 aromatic carbocycles. The molecule has 0 amide bonds. The van der Waals surface area contributed by atoms with Crippen molar-refractivity contribution < 1.29 is 0 Å². The third-order valence-corrected chi connectivity index (χ3v) is 1.43. The molecular weight excluding hydrogens is 148 g/mol. The van der Waals surface area contributed by atoms with Crippen LogP contribution < -0.4 is 0 Å². The van der Waals surface area contributed by atoms with Crippen LogP contribution in [0, 0.1) is 13.8 Å². The largest absolute Gasteiger partial charge is 0.239 e. The van der Waals surface area contributed by atoms with Crippen molar-refractivity contribution >= 4 is 11.6 Å². The van der Waals surface area contributed by atoms with Crippen LogP contribution in [0.2, 0.25) is 0 Å². The van der Waals surface area contributed by atoms with E-state index in [-0.39, 0.29) is 0 Å². The third-order valence-electron chi connectivity index (χ3n) is 1.16. The van der Waals surface area contributed by atoms with Crippen LogP contribution in [0.4, 0.5) is 0 Å². The molecular formula is C7H9ClN2. The Labute approximate surface area is 65.3 Å². The normalized spacial score (nSPS) is 9.90. The maximum absolute atomic E-state index is 5.58. The second kappa shape index (κ2) is 2.97. The van der Waals surface area contributed by atoms with E-state index in [9.17, 15) is 0 Å². The molecule has 0 aliphatic carbocycles. The first kappa shape index (κ1) is 7.48. The summed E-state index contributed by atoms with van der Waals surface area (Å²) in [6.45, 7) is 3.80. The van der Waals surface area contributed by atoms with Crippen LogP contribution >= 0.6 is 11.6 Å². The molecule has 54 valence electrons. The van der Waals surface area contributed by atoms with E-state index >= 15 is 0 Å². The summed E-state index contributed by atoms with van der Waals surface area (Å²) < 4.78 is 0. The van der Waals surface area contributed by atoms with Gasteiger partial charge in [-0.15, -0.1) is 11.6 Å². The van der Waals surface area contributed by atoms with Crippen molar-refractivity contribution in [1.82, 2.24) is 9.97 Å². The van der Waals surface area contributed by atoms with Crippen LogP contribution in [0.25, 0.3) is 0 Å². The number of halogens is 1. The highest BCUT2D eigenvalue weighted by Crippen LogP contribution is 2.02. The van der Waals surface area contributed by atoms with E-state index in [0.29, 0.717) is 5.88 Å². The van der Waals surface area contributed by atoms with Crippen molar-refractivity contribution in [3.63, 3.8) is 0 Å². The first-order valence-electron chi connectivity index (χ1n) is 3.09. The molecule has 0 fully saturated rings. The summed E-state index contributed by atoms with van der Waals surface area (Å²) >= 11 is 5.58. The maximum atomic E-state index is 5.58. The van der Waals surface area contributed by atoms with Gasteiger partial charge >= 0.3 is 0 Å². The van der Waals surface area contributed by atoms with Gasteiger partial charge in [0.25, 0.3) is 0 Å². The van der Waals surface area contributed by atoms with E-state index in [1.165, 1.54) is 0 Å². The van der Waals surface area contributed by atoms with E-state index < -0.39 is 0 Å². The number of rotatable bonds is 1. The predicted molar refractivity (Wildman–Crippen MR) is 41.1 cm³/mol. The fourth-order valence-corrected chi connectivity index (χ4v) is 0.999. The SMILES string of the molecule is Cc1cc(CCl)nc(C)n1. The summed E-state index contributed by atoms with van der Waals surface area (Å²) in [5.41, 5.74) is 1.87. The van der Waals surface area contributed by atoms with Crippen molar-refractivity contribution in [2.45, 2.75) is 19.7 Å². The zero-order chi connectivity index (χ0) is 7.56. The van der Waals surface area contributed by atoms with Gasteiger partial charge in [0.2, 0.25) is 0 Å². The first-order valence-corrected chi connectivity index (χ1v) is 3.63. The Morgan fingerprint density at radius 1 is 1.40 bits per heavy atom. The Kier molecular flexibility index (Phi) is 2.22. The average molecular weight is 157 g/mol. The molecule has 1 aromatic heterocycles. The summed E-state index contributed by atoms with van der Waals surface area (Å²) in [5, 5.41) is 0. The second-order valence-corrected chi connectivity index (χ2v) is 2.45. The number of hydrogen-bond acceptors (Lipinski definition) is 2. The first-order chi connectivity index (χ1) is 4.72. The van der Waals surface area contributed by atoms with E-state index in [1.807, 2.05) is 19.9 Å². The summed E-state index contributed by atoms with van der Waals surface area (Å²) in [4.78, 5) is 8.22. The fraction of sp³-hybridized carbons (Fsp3) is 0.429. The smallest absolute Gasteiger partial charge is 0.125 e. The number of aromatic nitrogens is 2. The Bertz CT molecular complexity index is 215. The summed E-state index contributed by atoms with van der Waals surface area (Å²) in [6, 6.07) is 1.89. The average Bonchev–Trinajstić information content (AvgIpc) is 1.85. The standard InChI is InChI=1S/C7H9ClN2/c1-5-3-7(4-8)10-6(2)9-5/h3H,4H2,1-2H3. The summed E-state index contributed by atoms with van der Waals surface area (Å²) in [5.74, 6) is 1.25. The number of hydrogen-bond donors (Lipinski definition) is 0. The molecule has 0 unspecified atom stereocenters. The van der Waals surface area contributed by atoms with Crippen LogP contribution in [-0.2, 0) is 5.88 Å². The molecule has 1 rings (SSSR count). The topological polar surface area (TPSA) is 25.8 Å². The van der Waals surface area contributed by atoms with Gasteiger partial charge in [0.15, 0.2) is 0 Å². The minimum Gasteiger partial charge on any atom is -0.239 e. The molecule has 0 bridgehead atoms. The Hall–Kier alpha value is -0.630. The number of alkyl halides is 1. The highest BCUT2D eigenvalue weighted by atomic mass is 35.5. The Balaban J connectivity index is 3.06. The van der Waals surface area contributed by atoms with E-state index in [0.717, 1.165) is 17.2 Å². The van der Waals surface area contributed by atoms with Crippen LogP contribution in [0.15, 0.2) is 6.07 Å². The highest BCUT2D eigenvalue weighted by molar-refractivity contribution is 6.16. The van der Waals surface area contributed by atoms with Crippen molar-refractivity contribution in [1.29, 1.82) is 0 Å². The lowest BCUT2D eigenvalue weighted by atomic mass is 10.3. The van der Waals surface area contributed by atoms with Gasteiger partial charge < -0.3 is 0 Å². The molecule has 1 aromatic rings. The van der Waals surface area contributed by atoms with Gasteiger partial charge in [0.1, 0.15) is 5.82 Å². The van der Waals surface area contributed by atoms with Gasteiger partial charge in [-0.25, -0.2) is 9.97 Å². The van der Waals surface area contributed by atoms with Gasteiger partial charge in [-0.2, -0.15) is 0 Å². The molecule has 0 atom stereocenters. The molecule has 0 N–H and O–H groups in total. The molecule has 0 aliphatic heterocycles. The molecule has 0 aliphatic rings. The van der Waals surface area contributed by atoms with Crippen LogP contribution in [0.5, 0.6) is 0 Å². The van der Waals surface area contributed by atoms with Gasteiger partial charge in [0.05, 0.1) is 11.6 Å².